The number of hydrogen-bond acceptors (Lipinski definition) is 4. The molecule has 22 heavy (non-hydrogen) atoms. The van der Waals surface area contributed by atoms with Crippen molar-refractivity contribution >= 4 is 29.8 Å². The van der Waals surface area contributed by atoms with Crippen molar-refractivity contribution in [2.24, 2.45) is 16.1 Å². The molecule has 1 heterocycles. The zero-order chi connectivity index (χ0) is 15.8. The summed E-state index contributed by atoms with van der Waals surface area (Å²) in [6.07, 6.45) is 5.81. The van der Waals surface area contributed by atoms with Crippen LogP contribution in [0.2, 0.25) is 0 Å². The second-order valence-electron chi connectivity index (χ2n) is 4.90. The predicted molar refractivity (Wildman–Crippen MR) is 86.1 cm³/mol. The summed E-state index contributed by atoms with van der Waals surface area (Å²) >= 11 is 0. The van der Waals surface area contributed by atoms with E-state index < -0.39 is 0 Å². The van der Waals surface area contributed by atoms with Crippen LogP contribution in [0.15, 0.2) is 46.6 Å². The van der Waals surface area contributed by atoms with Crippen molar-refractivity contribution in [2.75, 3.05) is 0 Å². The summed E-state index contributed by atoms with van der Waals surface area (Å²) in [5.74, 6) is -0.691. The van der Waals surface area contributed by atoms with Gasteiger partial charge in [0.1, 0.15) is 0 Å². The van der Waals surface area contributed by atoms with Gasteiger partial charge >= 0.3 is 0 Å². The van der Waals surface area contributed by atoms with E-state index in [0.29, 0.717) is 12.1 Å². The number of nitrogens with one attached hydrogen (secondary N) is 2. The molecule has 0 aliphatic carbocycles. The van der Waals surface area contributed by atoms with Crippen LogP contribution in [-0.4, -0.2) is 23.7 Å². The van der Waals surface area contributed by atoms with Crippen LogP contribution in [0.3, 0.4) is 0 Å². The Kier molecular flexibility index (Phi) is 5.59. The first-order valence-electron chi connectivity index (χ1n) is 7.04. The van der Waals surface area contributed by atoms with Gasteiger partial charge in [-0.25, -0.2) is 10.9 Å². The number of hydrogen-bond donors (Lipinski definition) is 2. The number of carbonyl (C=O) groups is 2. The summed E-state index contributed by atoms with van der Waals surface area (Å²) in [5.41, 5.74) is 6.60. The first-order chi connectivity index (χ1) is 10.7. The maximum absolute atomic E-state index is 11.6. The lowest BCUT2D eigenvalue weighted by Crippen LogP contribution is -2.25. The zero-order valence-electron chi connectivity index (χ0n) is 12.3. The number of rotatable bonds is 6. The van der Waals surface area contributed by atoms with E-state index in [1.165, 1.54) is 6.21 Å². The third-order valence-corrected chi connectivity index (χ3v) is 3.26. The van der Waals surface area contributed by atoms with E-state index in [-0.39, 0.29) is 24.2 Å². The van der Waals surface area contributed by atoms with Crippen molar-refractivity contribution in [3.63, 3.8) is 0 Å². The van der Waals surface area contributed by atoms with E-state index >= 15 is 0 Å². The minimum absolute atomic E-state index is 0.153. The topological polar surface area (TPSA) is 82.9 Å². The molecule has 2 N–H and O–H groups in total. The van der Waals surface area contributed by atoms with Gasteiger partial charge in [-0.15, -0.1) is 0 Å². The molecule has 0 spiro atoms. The Balaban J connectivity index is 1.69. The summed E-state index contributed by atoms with van der Waals surface area (Å²) in [4.78, 5) is 23.1. The van der Waals surface area contributed by atoms with Gasteiger partial charge < -0.3 is 0 Å². The van der Waals surface area contributed by atoms with Gasteiger partial charge in [-0.3, -0.25) is 9.59 Å². The number of hydrazone groups is 2. The highest BCUT2D eigenvalue weighted by molar-refractivity contribution is 6.07. The zero-order valence-corrected chi connectivity index (χ0v) is 12.3. The summed E-state index contributed by atoms with van der Waals surface area (Å²) < 4.78 is 0. The summed E-state index contributed by atoms with van der Waals surface area (Å²) in [7, 11) is 0. The average Bonchev–Trinajstić information content (AvgIpc) is 2.84. The molecule has 1 unspecified atom stereocenters. The van der Waals surface area contributed by atoms with Crippen molar-refractivity contribution in [2.45, 2.75) is 19.8 Å². The Labute approximate surface area is 129 Å². The summed E-state index contributed by atoms with van der Waals surface area (Å²) in [6.45, 7) is 1.77. The van der Waals surface area contributed by atoms with Gasteiger partial charge in [0.05, 0.1) is 5.92 Å². The van der Waals surface area contributed by atoms with E-state index in [9.17, 15) is 9.59 Å². The van der Waals surface area contributed by atoms with Crippen molar-refractivity contribution < 1.29 is 9.59 Å². The second-order valence-corrected chi connectivity index (χ2v) is 4.90. The molecule has 0 saturated carbocycles. The molecular formula is C16H18N4O2. The molecule has 2 amide bonds. The molecule has 1 aliphatic heterocycles. The monoisotopic (exact) mass is 298 g/mol. The summed E-state index contributed by atoms with van der Waals surface area (Å²) in [6, 6.07) is 9.79. The Morgan fingerprint density at radius 2 is 2.18 bits per heavy atom. The molecule has 0 bridgehead atoms. The Hall–Kier alpha value is -2.76. The van der Waals surface area contributed by atoms with E-state index in [4.69, 9.17) is 0 Å². The largest absolute Gasteiger partial charge is 0.273 e. The Morgan fingerprint density at radius 1 is 1.41 bits per heavy atom. The number of carbonyl (C=O) groups excluding carboxylic acids is 2. The normalized spacial score (nSPS) is 17.8. The van der Waals surface area contributed by atoms with Crippen molar-refractivity contribution in [1.82, 2.24) is 10.9 Å². The maximum Gasteiger partial charge on any atom is 0.248 e. The minimum Gasteiger partial charge on any atom is -0.273 e. The van der Waals surface area contributed by atoms with Crippen LogP contribution in [0.5, 0.6) is 0 Å². The molecule has 0 radical (unpaired) electrons. The standard InChI is InChI=1S/C16H18N4O2/c1-12-14(16(22)20-18-12)9-10-15(21)19-17-11-5-8-13-6-3-2-4-7-13/h2-8,11,14H,9-10H2,1H3,(H,19,21)(H,20,22)/b8-5+,17-11?. The molecule has 0 aromatic heterocycles. The van der Waals surface area contributed by atoms with E-state index in [1.54, 1.807) is 13.0 Å². The first kappa shape index (κ1) is 15.6. The highest BCUT2D eigenvalue weighted by Crippen LogP contribution is 2.13. The third-order valence-electron chi connectivity index (χ3n) is 3.26. The number of amides is 2. The van der Waals surface area contributed by atoms with Crippen LogP contribution in [0.25, 0.3) is 6.08 Å². The summed E-state index contributed by atoms with van der Waals surface area (Å²) in [5, 5.41) is 7.67. The van der Waals surface area contributed by atoms with Crippen molar-refractivity contribution in [3.05, 3.63) is 42.0 Å². The highest BCUT2D eigenvalue weighted by Gasteiger charge is 2.26. The van der Waals surface area contributed by atoms with Crippen LogP contribution in [0.1, 0.15) is 25.3 Å². The van der Waals surface area contributed by atoms with Gasteiger partial charge in [0.2, 0.25) is 11.8 Å². The predicted octanol–water partition coefficient (Wildman–Crippen LogP) is 1.70. The fourth-order valence-corrected chi connectivity index (χ4v) is 2.03. The Morgan fingerprint density at radius 3 is 2.86 bits per heavy atom. The third kappa shape index (κ3) is 4.66. The number of allylic oxidation sites excluding steroid dienone is 1. The van der Waals surface area contributed by atoms with E-state index in [0.717, 1.165) is 5.56 Å². The van der Waals surface area contributed by atoms with Crippen LogP contribution >= 0.6 is 0 Å². The number of nitrogens with zero attached hydrogens (tertiary/aromatic N) is 2. The maximum atomic E-state index is 11.6. The SMILES string of the molecule is CC1=NNC(=O)C1CCC(=O)NN=C/C=C/c1ccccc1. The van der Waals surface area contributed by atoms with Crippen LogP contribution in [0, 0.1) is 5.92 Å². The molecule has 1 aromatic carbocycles. The molecular weight excluding hydrogens is 280 g/mol. The van der Waals surface area contributed by atoms with Crippen LogP contribution < -0.4 is 10.9 Å². The fraction of sp³-hybridized carbons (Fsp3) is 0.250. The van der Waals surface area contributed by atoms with Crippen LogP contribution in [-0.2, 0) is 9.59 Å². The molecule has 1 aliphatic rings. The van der Waals surface area contributed by atoms with Crippen LogP contribution in [0.4, 0.5) is 0 Å². The van der Waals surface area contributed by atoms with Gasteiger partial charge in [0.25, 0.3) is 0 Å². The van der Waals surface area contributed by atoms with E-state index in [2.05, 4.69) is 21.1 Å². The van der Waals surface area contributed by atoms with Crippen molar-refractivity contribution in [1.29, 1.82) is 0 Å². The van der Waals surface area contributed by atoms with Crippen molar-refractivity contribution in [3.8, 4) is 0 Å². The molecule has 0 fully saturated rings. The lowest BCUT2D eigenvalue weighted by molar-refractivity contribution is -0.123. The average molecular weight is 298 g/mol. The number of benzene rings is 1. The van der Waals surface area contributed by atoms with E-state index in [1.807, 2.05) is 36.4 Å². The molecule has 0 saturated heterocycles. The van der Waals surface area contributed by atoms with Gasteiger partial charge in [-0.2, -0.15) is 10.2 Å². The Bertz CT molecular complexity index is 620. The first-order valence-corrected chi connectivity index (χ1v) is 7.04. The second kappa shape index (κ2) is 7.87. The minimum atomic E-state index is -0.312. The van der Waals surface area contributed by atoms with Gasteiger partial charge in [0.15, 0.2) is 0 Å². The fourth-order valence-electron chi connectivity index (χ4n) is 2.03. The molecule has 114 valence electrons. The molecule has 1 aromatic rings. The lowest BCUT2D eigenvalue weighted by Gasteiger charge is -2.05. The quantitative estimate of drug-likeness (QED) is 0.619. The molecule has 6 nitrogen and oxygen atoms in total. The van der Waals surface area contributed by atoms with Gasteiger partial charge in [0, 0.05) is 18.3 Å². The van der Waals surface area contributed by atoms with Gasteiger partial charge in [-0.05, 0) is 25.0 Å². The molecule has 1 atom stereocenters. The smallest absolute Gasteiger partial charge is 0.248 e. The highest BCUT2D eigenvalue weighted by atomic mass is 16.2. The molecule has 2 rings (SSSR count). The lowest BCUT2D eigenvalue weighted by atomic mass is 9.99. The van der Waals surface area contributed by atoms with Gasteiger partial charge in [-0.1, -0.05) is 36.4 Å². The molecule has 6 heteroatoms.